The molecule has 2 N–H and O–H groups in total. The molecule has 0 spiro atoms. The van der Waals surface area contributed by atoms with Crippen LogP contribution in [0, 0.1) is 0 Å². The first kappa shape index (κ1) is 21.3. The number of benzene rings is 2. The van der Waals surface area contributed by atoms with Crippen LogP contribution in [0.4, 0.5) is 5.69 Å². The highest BCUT2D eigenvalue weighted by Gasteiger charge is 2.11. The van der Waals surface area contributed by atoms with Crippen molar-refractivity contribution in [1.29, 1.82) is 0 Å². The van der Waals surface area contributed by atoms with Crippen LogP contribution in [-0.2, 0) is 4.79 Å². The quantitative estimate of drug-likeness (QED) is 0.650. The van der Waals surface area contributed by atoms with Crippen molar-refractivity contribution in [1.82, 2.24) is 5.32 Å². The van der Waals surface area contributed by atoms with Gasteiger partial charge in [0.15, 0.2) is 11.5 Å². The number of rotatable bonds is 8. The Labute approximate surface area is 169 Å². The third-order valence-corrected chi connectivity index (χ3v) is 3.97. The zero-order valence-corrected chi connectivity index (χ0v) is 16.8. The number of carbonyl (C=O) groups excluding carboxylic acids is 2. The minimum Gasteiger partial charge on any atom is -0.491 e. The molecule has 0 aliphatic rings. The Balaban J connectivity index is 2.12. The van der Waals surface area contributed by atoms with Gasteiger partial charge in [-0.05, 0) is 55.8 Å². The number of amides is 2. The number of methoxy groups -OCH3 is 1. The van der Waals surface area contributed by atoms with E-state index in [0.717, 1.165) is 0 Å². The summed E-state index contributed by atoms with van der Waals surface area (Å²) in [4.78, 5) is 24.1. The van der Waals surface area contributed by atoms with Gasteiger partial charge in [-0.2, -0.15) is 0 Å². The van der Waals surface area contributed by atoms with E-state index in [1.165, 1.54) is 13.2 Å². The van der Waals surface area contributed by atoms with Crippen LogP contribution < -0.4 is 20.1 Å². The lowest BCUT2D eigenvalue weighted by molar-refractivity contribution is -0.111. The van der Waals surface area contributed by atoms with Gasteiger partial charge in [0.25, 0.3) is 5.91 Å². The van der Waals surface area contributed by atoms with Crippen molar-refractivity contribution < 1.29 is 19.1 Å². The molecule has 0 fully saturated rings. The van der Waals surface area contributed by atoms with E-state index < -0.39 is 0 Å². The number of anilines is 1. The van der Waals surface area contributed by atoms with E-state index in [2.05, 4.69) is 10.6 Å². The number of carbonyl (C=O) groups is 2. The molecule has 0 aromatic heterocycles. The molecule has 2 aromatic rings. The van der Waals surface area contributed by atoms with E-state index in [1.807, 2.05) is 13.8 Å². The molecule has 0 saturated heterocycles. The van der Waals surface area contributed by atoms with Crippen molar-refractivity contribution in [2.45, 2.75) is 13.8 Å². The maximum Gasteiger partial charge on any atom is 0.251 e. The summed E-state index contributed by atoms with van der Waals surface area (Å²) in [7, 11) is 1.52. The summed E-state index contributed by atoms with van der Waals surface area (Å²) in [6, 6.07) is 10.2. The molecule has 148 valence electrons. The van der Waals surface area contributed by atoms with Gasteiger partial charge in [-0.1, -0.05) is 17.7 Å². The Morgan fingerprint density at radius 1 is 1.18 bits per heavy atom. The second-order valence-corrected chi connectivity index (χ2v) is 6.14. The van der Waals surface area contributed by atoms with Crippen molar-refractivity contribution in [2.75, 3.05) is 25.6 Å². The topological polar surface area (TPSA) is 76.7 Å². The Morgan fingerprint density at radius 2 is 1.96 bits per heavy atom. The average molecular weight is 403 g/mol. The SMILES string of the molecule is CCNC(=O)c1cccc(NC(=O)/C=C/c2cc(Cl)c(OC)c(OCC)c2)c1. The van der Waals surface area contributed by atoms with E-state index in [0.29, 0.717) is 46.5 Å². The molecule has 0 heterocycles. The fraction of sp³-hybridized carbons (Fsp3) is 0.238. The van der Waals surface area contributed by atoms with E-state index in [9.17, 15) is 9.59 Å². The van der Waals surface area contributed by atoms with Crippen LogP contribution in [0.5, 0.6) is 11.5 Å². The Kier molecular flexibility index (Phi) is 7.89. The molecular formula is C21H23ClN2O4. The van der Waals surface area contributed by atoms with Gasteiger partial charge in [0.1, 0.15) is 0 Å². The molecule has 0 aliphatic heterocycles. The lowest BCUT2D eigenvalue weighted by Crippen LogP contribution is -2.22. The van der Waals surface area contributed by atoms with Gasteiger partial charge in [0.05, 0.1) is 18.7 Å². The van der Waals surface area contributed by atoms with Crippen molar-refractivity contribution in [2.24, 2.45) is 0 Å². The highest BCUT2D eigenvalue weighted by atomic mass is 35.5. The normalized spacial score (nSPS) is 10.6. The van der Waals surface area contributed by atoms with Crippen LogP contribution in [-0.4, -0.2) is 32.1 Å². The molecule has 7 heteroatoms. The molecule has 0 atom stereocenters. The van der Waals surface area contributed by atoms with Crippen LogP contribution >= 0.6 is 11.6 Å². The third kappa shape index (κ3) is 5.76. The monoisotopic (exact) mass is 402 g/mol. The highest BCUT2D eigenvalue weighted by Crippen LogP contribution is 2.36. The summed E-state index contributed by atoms with van der Waals surface area (Å²) < 4.78 is 10.8. The van der Waals surface area contributed by atoms with E-state index in [4.69, 9.17) is 21.1 Å². The van der Waals surface area contributed by atoms with Crippen LogP contribution in [0.3, 0.4) is 0 Å². The molecule has 0 unspecified atom stereocenters. The second-order valence-electron chi connectivity index (χ2n) is 5.73. The predicted octanol–water partition coefficient (Wildman–Crippen LogP) is 4.15. The number of ether oxygens (including phenoxy) is 2. The molecule has 6 nitrogen and oxygen atoms in total. The third-order valence-electron chi connectivity index (χ3n) is 3.69. The smallest absolute Gasteiger partial charge is 0.251 e. The summed E-state index contributed by atoms with van der Waals surface area (Å²) in [6.45, 7) is 4.70. The van der Waals surface area contributed by atoms with Gasteiger partial charge in [0, 0.05) is 23.9 Å². The zero-order valence-electron chi connectivity index (χ0n) is 16.0. The molecule has 0 saturated carbocycles. The van der Waals surface area contributed by atoms with Crippen molar-refractivity contribution in [3.05, 3.63) is 58.6 Å². The number of halogens is 1. The highest BCUT2D eigenvalue weighted by molar-refractivity contribution is 6.32. The van der Waals surface area contributed by atoms with Crippen LogP contribution in [0.1, 0.15) is 29.8 Å². The molecule has 0 bridgehead atoms. The molecule has 28 heavy (non-hydrogen) atoms. The van der Waals surface area contributed by atoms with Gasteiger partial charge in [0.2, 0.25) is 5.91 Å². The fourth-order valence-electron chi connectivity index (χ4n) is 2.50. The van der Waals surface area contributed by atoms with Gasteiger partial charge in [-0.15, -0.1) is 0 Å². The number of nitrogens with one attached hydrogen (secondary N) is 2. The minimum absolute atomic E-state index is 0.189. The van der Waals surface area contributed by atoms with Crippen LogP contribution in [0.25, 0.3) is 6.08 Å². The largest absolute Gasteiger partial charge is 0.491 e. The van der Waals surface area contributed by atoms with Gasteiger partial charge in [-0.3, -0.25) is 9.59 Å². The summed E-state index contributed by atoms with van der Waals surface area (Å²) in [5.41, 5.74) is 1.70. The predicted molar refractivity (Wildman–Crippen MR) is 111 cm³/mol. The van der Waals surface area contributed by atoms with Crippen molar-refractivity contribution >= 4 is 35.2 Å². The summed E-state index contributed by atoms with van der Waals surface area (Å²) in [5.74, 6) is 0.433. The molecule has 0 aliphatic carbocycles. The minimum atomic E-state index is -0.335. The van der Waals surface area contributed by atoms with Crippen molar-refractivity contribution in [3.63, 3.8) is 0 Å². The Bertz CT molecular complexity index is 881. The fourth-order valence-corrected chi connectivity index (χ4v) is 2.80. The lowest BCUT2D eigenvalue weighted by Gasteiger charge is -2.11. The van der Waals surface area contributed by atoms with Gasteiger partial charge < -0.3 is 20.1 Å². The summed E-state index contributed by atoms with van der Waals surface area (Å²) in [5, 5.41) is 5.84. The average Bonchev–Trinajstić information content (AvgIpc) is 2.67. The number of hydrogen-bond donors (Lipinski definition) is 2. The first-order valence-electron chi connectivity index (χ1n) is 8.86. The summed E-state index contributed by atoms with van der Waals surface area (Å²) in [6.07, 6.45) is 3.00. The van der Waals surface area contributed by atoms with Crippen LogP contribution in [0.2, 0.25) is 5.02 Å². The first-order chi connectivity index (χ1) is 13.5. The lowest BCUT2D eigenvalue weighted by atomic mass is 10.1. The van der Waals surface area contributed by atoms with E-state index in [-0.39, 0.29) is 11.8 Å². The molecule has 2 amide bonds. The zero-order chi connectivity index (χ0) is 20.5. The molecular weight excluding hydrogens is 380 g/mol. The summed E-state index contributed by atoms with van der Waals surface area (Å²) >= 11 is 6.21. The molecule has 2 aromatic carbocycles. The number of hydrogen-bond acceptors (Lipinski definition) is 4. The van der Waals surface area contributed by atoms with Crippen molar-refractivity contribution in [3.8, 4) is 11.5 Å². The van der Waals surface area contributed by atoms with Gasteiger partial charge in [-0.25, -0.2) is 0 Å². The Hall–Kier alpha value is -2.99. The standard InChI is InChI=1S/C21H23ClN2O4/c1-4-23-21(26)15-7-6-8-16(13-15)24-19(25)10-9-14-11-17(22)20(27-3)18(12-14)28-5-2/h6-13H,4-5H2,1-3H3,(H,23,26)(H,24,25)/b10-9+. The molecule has 0 radical (unpaired) electrons. The van der Waals surface area contributed by atoms with E-state index in [1.54, 1.807) is 42.5 Å². The van der Waals surface area contributed by atoms with Gasteiger partial charge >= 0.3 is 0 Å². The second kappa shape index (κ2) is 10.4. The molecule has 2 rings (SSSR count). The van der Waals surface area contributed by atoms with E-state index >= 15 is 0 Å². The maximum absolute atomic E-state index is 12.2. The van der Waals surface area contributed by atoms with Crippen LogP contribution in [0.15, 0.2) is 42.5 Å². The maximum atomic E-state index is 12.2. The Morgan fingerprint density at radius 3 is 2.64 bits per heavy atom. The first-order valence-corrected chi connectivity index (χ1v) is 9.23.